The van der Waals surface area contributed by atoms with Crippen molar-refractivity contribution in [2.75, 3.05) is 18.8 Å². The average molecular weight is 580 g/mol. The van der Waals surface area contributed by atoms with Crippen molar-refractivity contribution in [2.24, 2.45) is 5.92 Å². The van der Waals surface area contributed by atoms with E-state index >= 15 is 0 Å². The van der Waals surface area contributed by atoms with Crippen LogP contribution in [0.15, 0.2) is 36.7 Å². The summed E-state index contributed by atoms with van der Waals surface area (Å²) in [6.07, 6.45) is 2.18. The van der Waals surface area contributed by atoms with Gasteiger partial charge in [-0.2, -0.15) is 0 Å². The third kappa shape index (κ3) is 6.18. The fourth-order valence-corrected chi connectivity index (χ4v) is 5.66. The molecule has 2 saturated heterocycles. The lowest BCUT2D eigenvalue weighted by Gasteiger charge is -2.31. The number of nitrogens with zero attached hydrogens (tertiary/aromatic N) is 5. The number of fused-ring (bicyclic) bond motifs is 1. The number of likely N-dealkylation sites (tertiary alicyclic amines) is 1. The normalized spacial score (nSPS) is 24.7. The van der Waals surface area contributed by atoms with Crippen LogP contribution in [0.5, 0.6) is 0 Å². The second kappa shape index (κ2) is 12.2. The summed E-state index contributed by atoms with van der Waals surface area (Å²) in [7, 11) is 0. The number of ether oxygens (including phenoxy) is 2. The lowest BCUT2D eigenvalue weighted by atomic mass is 9.91. The molecule has 3 fully saturated rings. The van der Waals surface area contributed by atoms with E-state index in [-0.39, 0.29) is 24.6 Å². The van der Waals surface area contributed by atoms with E-state index in [9.17, 15) is 19.8 Å². The minimum absolute atomic E-state index is 0.0997. The van der Waals surface area contributed by atoms with Crippen LogP contribution in [0.25, 0.3) is 11.2 Å². The summed E-state index contributed by atoms with van der Waals surface area (Å²) >= 11 is 0. The van der Waals surface area contributed by atoms with Crippen LogP contribution in [-0.4, -0.2) is 84.1 Å². The Morgan fingerprint density at radius 1 is 1.07 bits per heavy atom. The number of benzene rings is 1. The number of piperidine rings is 1. The molecule has 3 aliphatic rings. The number of nitrogen functional groups attached to an aromatic ring is 1. The van der Waals surface area contributed by atoms with Crippen molar-refractivity contribution in [3.63, 3.8) is 0 Å². The quantitative estimate of drug-likeness (QED) is 0.291. The number of hydrogen-bond acceptors (Lipinski definition) is 10. The molecule has 13 nitrogen and oxygen atoms in total. The van der Waals surface area contributed by atoms with Crippen LogP contribution in [0.4, 0.5) is 10.6 Å². The molecule has 0 unspecified atom stereocenters. The van der Waals surface area contributed by atoms with E-state index in [0.717, 1.165) is 44.1 Å². The summed E-state index contributed by atoms with van der Waals surface area (Å²) in [5.74, 6) is 0.796. The van der Waals surface area contributed by atoms with Gasteiger partial charge in [-0.05, 0) is 50.0 Å². The summed E-state index contributed by atoms with van der Waals surface area (Å²) in [4.78, 5) is 40.1. The molecule has 4 atom stereocenters. The first-order valence-electron chi connectivity index (χ1n) is 14.6. The molecule has 3 aromatic rings. The molecule has 42 heavy (non-hydrogen) atoms. The largest absolute Gasteiger partial charge is 0.445 e. The van der Waals surface area contributed by atoms with Gasteiger partial charge in [0.15, 0.2) is 23.8 Å². The zero-order chi connectivity index (χ0) is 29.2. The van der Waals surface area contributed by atoms with E-state index in [1.165, 1.54) is 10.9 Å². The molecule has 1 saturated carbocycles. The molecule has 2 amide bonds. The van der Waals surface area contributed by atoms with Crippen LogP contribution < -0.4 is 11.1 Å². The van der Waals surface area contributed by atoms with Gasteiger partial charge in [-0.1, -0.05) is 30.3 Å². The van der Waals surface area contributed by atoms with E-state index < -0.39 is 30.4 Å². The number of nitrogens with one attached hydrogen (secondary N) is 1. The minimum atomic E-state index is -1.39. The summed E-state index contributed by atoms with van der Waals surface area (Å²) < 4.78 is 12.8. The van der Waals surface area contributed by atoms with Crippen LogP contribution in [0, 0.1) is 5.92 Å². The van der Waals surface area contributed by atoms with Crippen molar-refractivity contribution in [2.45, 2.75) is 82.1 Å². The Balaban J connectivity index is 1.01. The Hall–Kier alpha value is -3.81. The highest BCUT2D eigenvalue weighted by Gasteiger charge is 2.48. The number of anilines is 1. The van der Waals surface area contributed by atoms with Gasteiger partial charge in [0.05, 0.1) is 6.33 Å². The lowest BCUT2D eigenvalue weighted by molar-refractivity contribution is -0.137. The fourth-order valence-electron chi connectivity index (χ4n) is 5.66. The van der Waals surface area contributed by atoms with Gasteiger partial charge in [0, 0.05) is 25.6 Å². The first-order valence-corrected chi connectivity index (χ1v) is 14.6. The SMILES string of the molecule is Nc1nc(CCCC2CCN(C(=O)OCc3ccccc3)CC2)nc2c1ncn2[C@@H]1O[C@H](C(=O)NC2CC2)[C@@H](O)[C@H]1O. The Labute approximate surface area is 243 Å². The van der Waals surface area contributed by atoms with Crippen molar-refractivity contribution < 1.29 is 29.3 Å². The maximum absolute atomic E-state index is 12.5. The van der Waals surface area contributed by atoms with E-state index in [2.05, 4.69) is 20.3 Å². The Kier molecular flexibility index (Phi) is 8.22. The lowest BCUT2D eigenvalue weighted by Crippen LogP contribution is -2.43. The van der Waals surface area contributed by atoms with Gasteiger partial charge in [-0.25, -0.2) is 19.7 Å². The zero-order valence-corrected chi connectivity index (χ0v) is 23.3. The van der Waals surface area contributed by atoms with E-state index in [4.69, 9.17) is 15.2 Å². The number of aryl methyl sites for hydroxylation is 1. The van der Waals surface area contributed by atoms with Crippen molar-refractivity contribution in [3.05, 3.63) is 48.0 Å². The molecule has 2 aromatic heterocycles. The predicted molar refractivity (Wildman–Crippen MR) is 151 cm³/mol. The van der Waals surface area contributed by atoms with Gasteiger partial charge >= 0.3 is 6.09 Å². The Morgan fingerprint density at radius 3 is 2.57 bits per heavy atom. The highest BCUT2D eigenvalue weighted by Crippen LogP contribution is 2.33. The van der Waals surface area contributed by atoms with E-state index in [0.29, 0.717) is 42.4 Å². The topological polar surface area (TPSA) is 178 Å². The highest BCUT2D eigenvalue weighted by molar-refractivity contribution is 5.83. The number of rotatable bonds is 9. The molecule has 1 aliphatic carbocycles. The Bertz CT molecular complexity index is 1410. The van der Waals surface area contributed by atoms with Gasteiger partial charge in [-0.3, -0.25) is 9.36 Å². The van der Waals surface area contributed by atoms with Crippen molar-refractivity contribution >= 4 is 29.0 Å². The molecule has 224 valence electrons. The molecule has 0 spiro atoms. The zero-order valence-electron chi connectivity index (χ0n) is 23.3. The summed E-state index contributed by atoms with van der Waals surface area (Å²) in [6.45, 7) is 1.61. The van der Waals surface area contributed by atoms with Crippen molar-refractivity contribution in [1.29, 1.82) is 0 Å². The summed E-state index contributed by atoms with van der Waals surface area (Å²) in [6, 6.07) is 9.75. The molecular formula is C29H37N7O6. The number of amides is 2. The molecule has 4 heterocycles. The number of aliphatic hydroxyl groups excluding tert-OH is 2. The van der Waals surface area contributed by atoms with Crippen LogP contribution in [0.1, 0.15) is 56.1 Å². The van der Waals surface area contributed by atoms with Gasteiger partial charge in [0.25, 0.3) is 5.91 Å². The van der Waals surface area contributed by atoms with Crippen LogP contribution in [0.2, 0.25) is 0 Å². The summed E-state index contributed by atoms with van der Waals surface area (Å²) in [5, 5.41) is 24.0. The molecule has 2 aliphatic heterocycles. The van der Waals surface area contributed by atoms with Crippen LogP contribution in [-0.2, 0) is 27.3 Å². The molecule has 13 heteroatoms. The van der Waals surface area contributed by atoms with Gasteiger partial charge in [0.2, 0.25) is 0 Å². The number of hydrogen-bond donors (Lipinski definition) is 4. The predicted octanol–water partition coefficient (Wildman–Crippen LogP) is 1.68. The molecule has 0 bridgehead atoms. The third-order valence-corrected chi connectivity index (χ3v) is 8.28. The molecule has 5 N–H and O–H groups in total. The number of nitrogens with two attached hydrogens (primary N) is 1. The highest BCUT2D eigenvalue weighted by atomic mass is 16.6. The van der Waals surface area contributed by atoms with Crippen LogP contribution >= 0.6 is 0 Å². The minimum Gasteiger partial charge on any atom is -0.445 e. The number of carbonyl (C=O) groups excluding carboxylic acids is 2. The van der Waals surface area contributed by atoms with Crippen LogP contribution in [0.3, 0.4) is 0 Å². The smallest absolute Gasteiger partial charge is 0.410 e. The third-order valence-electron chi connectivity index (χ3n) is 8.28. The standard InChI is InChI=1S/C29H37N7O6/c30-25-21-26(36(16-31-21)28-23(38)22(37)24(42-28)27(39)32-19-9-10-19)34-20(33-25)8-4-7-17-11-13-35(14-12-17)29(40)41-15-18-5-2-1-3-6-18/h1-3,5-6,16-17,19,22-24,28,37-38H,4,7-15H2,(H,32,39)(H2,30,33,34)/t22-,23+,24-,28+/m0/s1. The number of carbonyl (C=O) groups is 2. The first-order chi connectivity index (χ1) is 20.4. The second-order valence-corrected chi connectivity index (χ2v) is 11.4. The first kappa shape index (κ1) is 28.3. The summed E-state index contributed by atoms with van der Waals surface area (Å²) in [5.41, 5.74) is 7.90. The molecular weight excluding hydrogens is 542 g/mol. The van der Waals surface area contributed by atoms with Crippen molar-refractivity contribution in [1.82, 2.24) is 29.7 Å². The second-order valence-electron chi connectivity index (χ2n) is 11.4. The number of aliphatic hydroxyl groups is 2. The maximum Gasteiger partial charge on any atom is 0.410 e. The molecule has 1 aromatic carbocycles. The van der Waals surface area contributed by atoms with Crippen molar-refractivity contribution in [3.8, 4) is 0 Å². The maximum atomic E-state index is 12.5. The van der Waals surface area contributed by atoms with Gasteiger partial charge in [-0.15, -0.1) is 0 Å². The van der Waals surface area contributed by atoms with Gasteiger partial charge in [0.1, 0.15) is 30.2 Å². The van der Waals surface area contributed by atoms with E-state index in [1.807, 2.05) is 30.3 Å². The van der Waals surface area contributed by atoms with Gasteiger partial charge < -0.3 is 35.6 Å². The Morgan fingerprint density at radius 2 is 1.83 bits per heavy atom. The van der Waals surface area contributed by atoms with E-state index in [1.54, 1.807) is 4.90 Å². The molecule has 6 rings (SSSR count). The molecule has 0 radical (unpaired) electrons. The average Bonchev–Trinajstić information content (AvgIpc) is 3.63. The fraction of sp³-hybridized carbons (Fsp3) is 0.552. The number of aromatic nitrogens is 4. The number of imidazole rings is 1. The monoisotopic (exact) mass is 579 g/mol.